The van der Waals surface area contributed by atoms with E-state index in [1.54, 1.807) is 13.0 Å². The minimum atomic E-state index is -1.37. The zero-order valence-electron chi connectivity index (χ0n) is 16.1. The number of rotatable bonds is 6. The summed E-state index contributed by atoms with van der Waals surface area (Å²) < 4.78 is 7.13. The molecule has 11 heteroatoms. The number of benzene rings is 1. The van der Waals surface area contributed by atoms with Crippen molar-refractivity contribution in [3.8, 4) is 0 Å². The number of likely N-dealkylation sites (N-methyl/N-ethyl adjacent to an activating group) is 1. The van der Waals surface area contributed by atoms with Gasteiger partial charge in [-0.2, -0.15) is 0 Å². The van der Waals surface area contributed by atoms with Crippen molar-refractivity contribution in [2.45, 2.75) is 38.0 Å². The third-order valence-corrected chi connectivity index (χ3v) is 5.06. The van der Waals surface area contributed by atoms with Crippen LogP contribution in [-0.2, 0) is 16.1 Å². The van der Waals surface area contributed by atoms with E-state index in [0.29, 0.717) is 35.1 Å². The smallest absolute Gasteiger partial charge is 0.252 e. The second-order valence-electron chi connectivity index (χ2n) is 6.85. The minimum absolute atomic E-state index is 0.384. The third kappa shape index (κ3) is 3.82. The number of halogens is 1. The third-order valence-electron chi connectivity index (χ3n) is 4.83. The molecule has 1 fully saturated rings. The van der Waals surface area contributed by atoms with Crippen LogP contribution in [0.1, 0.15) is 18.7 Å². The molecule has 0 radical (unpaired) electrons. The monoisotopic (exact) mass is 432 g/mol. The predicted molar refractivity (Wildman–Crippen MR) is 109 cm³/mol. The van der Waals surface area contributed by atoms with Crippen LogP contribution in [0, 0.1) is 0 Å². The predicted octanol–water partition coefficient (Wildman–Crippen LogP) is 0.847. The summed E-state index contributed by atoms with van der Waals surface area (Å²) in [7, 11) is 0. The number of carbonyl (C=O) groups excluding carboxylic acids is 1. The van der Waals surface area contributed by atoms with Crippen molar-refractivity contribution in [2.75, 3.05) is 11.9 Å². The number of aliphatic hydroxyl groups excluding tert-OH is 2. The molecule has 3 aromatic rings. The summed E-state index contributed by atoms with van der Waals surface area (Å²) in [5, 5.41) is 27.1. The first-order chi connectivity index (χ1) is 14.5. The van der Waals surface area contributed by atoms with Crippen LogP contribution >= 0.6 is 11.6 Å². The first-order valence-electron chi connectivity index (χ1n) is 9.44. The van der Waals surface area contributed by atoms with E-state index in [9.17, 15) is 15.0 Å². The van der Waals surface area contributed by atoms with Crippen LogP contribution in [0.15, 0.2) is 36.9 Å². The lowest BCUT2D eigenvalue weighted by Crippen LogP contribution is -2.42. The highest BCUT2D eigenvalue weighted by Gasteiger charge is 2.47. The topological polar surface area (TPSA) is 134 Å². The second kappa shape index (κ2) is 8.52. The van der Waals surface area contributed by atoms with Gasteiger partial charge in [-0.1, -0.05) is 23.7 Å². The average Bonchev–Trinajstić information content (AvgIpc) is 3.28. The molecule has 1 aromatic carbocycles. The summed E-state index contributed by atoms with van der Waals surface area (Å²) >= 11 is 6.02. The number of aromatic nitrogens is 4. The van der Waals surface area contributed by atoms with E-state index < -0.39 is 30.4 Å². The molecule has 0 unspecified atom stereocenters. The van der Waals surface area contributed by atoms with Gasteiger partial charge in [0, 0.05) is 18.1 Å². The van der Waals surface area contributed by atoms with E-state index in [2.05, 4.69) is 25.6 Å². The highest BCUT2D eigenvalue weighted by molar-refractivity contribution is 6.30. The standard InChI is InChI=1S/C19H21ClN6O4/c1-2-21-18(29)15-13(27)14(28)19(30-15)26-9-25-12-16(23-8-24-17(12)26)22-7-10-4-3-5-11(20)6-10/h3-6,8-9,13-15,19,27-28H,2,7H2,1H3,(H,21,29)(H,22,23,24)/t13-,14+,15-,19+/m0/s1. The van der Waals surface area contributed by atoms with Crippen molar-refractivity contribution in [3.05, 3.63) is 47.5 Å². The van der Waals surface area contributed by atoms with Gasteiger partial charge in [-0.15, -0.1) is 0 Å². The lowest BCUT2D eigenvalue weighted by atomic mass is 10.1. The molecule has 3 heterocycles. The van der Waals surface area contributed by atoms with E-state index in [1.807, 2.05) is 18.2 Å². The number of fused-ring (bicyclic) bond motifs is 1. The molecule has 4 N–H and O–H groups in total. The Kier molecular flexibility index (Phi) is 5.82. The number of carbonyl (C=O) groups is 1. The number of aliphatic hydroxyl groups is 2. The normalized spacial score (nSPS) is 23.6. The molecular formula is C19H21ClN6O4. The fraction of sp³-hybridized carbons (Fsp3) is 0.368. The van der Waals surface area contributed by atoms with Gasteiger partial charge in [-0.3, -0.25) is 9.36 Å². The van der Waals surface area contributed by atoms with Gasteiger partial charge in [-0.05, 0) is 24.6 Å². The second-order valence-corrected chi connectivity index (χ2v) is 7.29. The number of anilines is 1. The van der Waals surface area contributed by atoms with Crippen LogP contribution in [0.4, 0.5) is 5.82 Å². The lowest BCUT2D eigenvalue weighted by molar-refractivity contribution is -0.137. The maximum atomic E-state index is 12.1. The first kappa shape index (κ1) is 20.5. The highest BCUT2D eigenvalue weighted by Crippen LogP contribution is 2.32. The van der Waals surface area contributed by atoms with Crippen molar-refractivity contribution < 1.29 is 19.7 Å². The van der Waals surface area contributed by atoms with Gasteiger partial charge in [0.25, 0.3) is 5.91 Å². The van der Waals surface area contributed by atoms with Crippen LogP contribution in [-0.4, -0.2) is 60.5 Å². The van der Waals surface area contributed by atoms with Crippen molar-refractivity contribution in [1.82, 2.24) is 24.8 Å². The van der Waals surface area contributed by atoms with Crippen LogP contribution in [0.25, 0.3) is 11.2 Å². The number of ether oxygens (including phenoxy) is 1. The van der Waals surface area contributed by atoms with Crippen molar-refractivity contribution >= 4 is 34.5 Å². The minimum Gasteiger partial charge on any atom is -0.387 e. The van der Waals surface area contributed by atoms with E-state index >= 15 is 0 Å². The SMILES string of the molecule is CCNC(=O)[C@H]1O[C@@H](n2cnc3c(NCc4cccc(Cl)c4)ncnc32)[C@H](O)[C@@H]1O. The zero-order valence-corrected chi connectivity index (χ0v) is 16.8. The molecule has 158 valence electrons. The fourth-order valence-electron chi connectivity index (χ4n) is 3.38. The Balaban J connectivity index is 1.58. The summed E-state index contributed by atoms with van der Waals surface area (Å²) in [6.45, 7) is 2.61. The summed E-state index contributed by atoms with van der Waals surface area (Å²) in [5.41, 5.74) is 1.83. The van der Waals surface area contributed by atoms with Gasteiger partial charge in [0.2, 0.25) is 0 Å². The van der Waals surface area contributed by atoms with E-state index in [-0.39, 0.29) is 0 Å². The summed E-state index contributed by atoms with van der Waals surface area (Å²) in [6.07, 6.45) is -2.11. The summed E-state index contributed by atoms with van der Waals surface area (Å²) in [5.74, 6) is 0.00140. The quantitative estimate of drug-likeness (QED) is 0.450. The molecular weight excluding hydrogens is 412 g/mol. The maximum absolute atomic E-state index is 12.1. The largest absolute Gasteiger partial charge is 0.387 e. The molecule has 0 saturated carbocycles. The Morgan fingerprint density at radius 3 is 2.87 bits per heavy atom. The Hall–Kier alpha value is -2.79. The molecule has 4 rings (SSSR count). The number of hydrogen-bond donors (Lipinski definition) is 4. The van der Waals surface area contributed by atoms with Gasteiger partial charge in [0.15, 0.2) is 29.3 Å². The fourth-order valence-corrected chi connectivity index (χ4v) is 3.59. The number of nitrogens with one attached hydrogen (secondary N) is 2. The summed E-state index contributed by atoms with van der Waals surface area (Å²) in [4.78, 5) is 24.9. The number of amides is 1. The Labute approximate surface area is 176 Å². The molecule has 1 amide bonds. The number of imidazole rings is 1. The lowest BCUT2D eigenvalue weighted by Gasteiger charge is -2.16. The number of hydrogen-bond acceptors (Lipinski definition) is 8. The Morgan fingerprint density at radius 2 is 2.10 bits per heavy atom. The van der Waals surface area contributed by atoms with Crippen LogP contribution in [0.2, 0.25) is 5.02 Å². The Bertz CT molecular complexity index is 1060. The average molecular weight is 433 g/mol. The molecule has 0 bridgehead atoms. The summed E-state index contributed by atoms with van der Waals surface area (Å²) in [6, 6.07) is 7.43. The highest BCUT2D eigenvalue weighted by atomic mass is 35.5. The molecule has 1 aliphatic rings. The molecule has 4 atom stereocenters. The van der Waals surface area contributed by atoms with E-state index in [4.69, 9.17) is 16.3 Å². The number of nitrogens with zero attached hydrogens (tertiary/aromatic N) is 4. The molecule has 1 aliphatic heterocycles. The van der Waals surface area contributed by atoms with Gasteiger partial charge >= 0.3 is 0 Å². The van der Waals surface area contributed by atoms with Gasteiger partial charge in [0.05, 0.1) is 6.33 Å². The molecule has 1 saturated heterocycles. The molecule has 30 heavy (non-hydrogen) atoms. The van der Waals surface area contributed by atoms with Crippen LogP contribution < -0.4 is 10.6 Å². The maximum Gasteiger partial charge on any atom is 0.252 e. The van der Waals surface area contributed by atoms with Gasteiger partial charge in [-0.25, -0.2) is 15.0 Å². The van der Waals surface area contributed by atoms with Crippen molar-refractivity contribution in [1.29, 1.82) is 0 Å². The van der Waals surface area contributed by atoms with Crippen molar-refractivity contribution in [2.24, 2.45) is 0 Å². The van der Waals surface area contributed by atoms with E-state index in [0.717, 1.165) is 5.56 Å². The molecule has 2 aromatic heterocycles. The Morgan fingerprint density at radius 1 is 1.27 bits per heavy atom. The van der Waals surface area contributed by atoms with E-state index in [1.165, 1.54) is 17.2 Å². The molecule has 0 aliphatic carbocycles. The van der Waals surface area contributed by atoms with Gasteiger partial charge in [0.1, 0.15) is 18.5 Å². The van der Waals surface area contributed by atoms with Crippen LogP contribution in [0.3, 0.4) is 0 Å². The van der Waals surface area contributed by atoms with Gasteiger partial charge < -0.3 is 25.6 Å². The van der Waals surface area contributed by atoms with Crippen molar-refractivity contribution in [3.63, 3.8) is 0 Å². The first-order valence-corrected chi connectivity index (χ1v) is 9.82. The van der Waals surface area contributed by atoms with Crippen LogP contribution in [0.5, 0.6) is 0 Å². The molecule has 10 nitrogen and oxygen atoms in total. The zero-order chi connectivity index (χ0) is 21.3. The molecule has 0 spiro atoms.